The average molecular weight is 202 g/mol. The summed E-state index contributed by atoms with van der Waals surface area (Å²) in [7, 11) is -1.26. The van der Waals surface area contributed by atoms with Crippen LogP contribution in [-0.4, -0.2) is 26.5 Å². The smallest absolute Gasteiger partial charge is 0.354 e. The van der Waals surface area contributed by atoms with Gasteiger partial charge in [-0.3, -0.25) is 0 Å². The Kier molecular flexibility index (Phi) is 2.72. The van der Waals surface area contributed by atoms with E-state index in [4.69, 9.17) is 5.11 Å². The molecule has 72 valence electrons. The summed E-state index contributed by atoms with van der Waals surface area (Å²) in [6.07, 6.45) is 1.44. The molecular weight excluding hydrogens is 192 g/mol. The van der Waals surface area contributed by atoms with Gasteiger partial charge in [-0.2, -0.15) is 0 Å². The number of hydrogen-bond acceptors (Lipinski definition) is 2. The van der Waals surface area contributed by atoms with Gasteiger partial charge in [-0.25, -0.2) is 9.00 Å². The molecule has 0 aliphatic carbocycles. The first kappa shape index (κ1) is 9.79. The van der Waals surface area contributed by atoms with Crippen molar-refractivity contribution < 1.29 is 14.1 Å². The van der Waals surface area contributed by atoms with Gasteiger partial charge >= 0.3 is 5.97 Å². The molecule has 1 aromatic heterocycles. The molecule has 1 rings (SSSR count). The van der Waals surface area contributed by atoms with Crippen LogP contribution in [0.25, 0.3) is 0 Å². The number of H-pyrrole nitrogens is 1. The van der Waals surface area contributed by atoms with Crippen LogP contribution >= 0.6 is 0 Å². The lowest BCUT2D eigenvalue weighted by Crippen LogP contribution is -2.06. The molecule has 1 aromatic rings. The molecule has 0 fully saturated rings. The first-order valence-electron chi connectivity index (χ1n) is 3.53. The van der Waals surface area contributed by atoms with Gasteiger partial charge in [0.25, 0.3) is 0 Å². The Labute approximate surface area is 77.8 Å². The van der Waals surface area contributed by atoms with Gasteiger partial charge < -0.3 is 14.8 Å². The Bertz CT molecular complexity index is 359. The van der Waals surface area contributed by atoms with Crippen LogP contribution < -0.4 is 4.72 Å². The molecule has 5 nitrogen and oxygen atoms in total. The Hall–Kier alpha value is -1.30. The molecule has 1 heterocycles. The fourth-order valence-electron chi connectivity index (χ4n) is 0.993. The van der Waals surface area contributed by atoms with Crippen molar-refractivity contribution in [1.82, 2.24) is 4.98 Å². The second-order valence-corrected chi connectivity index (χ2v) is 3.71. The number of aromatic nitrogens is 1. The summed E-state index contributed by atoms with van der Waals surface area (Å²) in [6.45, 7) is 1.73. The number of aromatic carboxylic acids is 1. The van der Waals surface area contributed by atoms with E-state index >= 15 is 0 Å². The van der Waals surface area contributed by atoms with E-state index in [-0.39, 0.29) is 5.69 Å². The second-order valence-electron chi connectivity index (χ2n) is 2.60. The maximum absolute atomic E-state index is 10.8. The molecule has 0 amide bonds. The van der Waals surface area contributed by atoms with Gasteiger partial charge in [0.2, 0.25) is 0 Å². The van der Waals surface area contributed by atoms with Gasteiger partial charge in [0, 0.05) is 11.9 Å². The first-order valence-corrected chi connectivity index (χ1v) is 5.09. The molecular formula is C7H10N2O3S. The monoisotopic (exact) mass is 202 g/mol. The van der Waals surface area contributed by atoms with Crippen LogP contribution in [0.15, 0.2) is 6.07 Å². The van der Waals surface area contributed by atoms with E-state index in [1.165, 1.54) is 6.26 Å². The summed E-state index contributed by atoms with van der Waals surface area (Å²) in [4.78, 5) is 13.3. The highest BCUT2D eigenvalue weighted by Gasteiger charge is 2.13. The Morgan fingerprint density at radius 3 is 2.77 bits per heavy atom. The number of rotatable bonds is 3. The minimum absolute atomic E-state index is 0.0349. The number of carbonyl (C=O) groups is 1. The predicted octanol–water partition coefficient (Wildman–Crippen LogP) is 0.727. The SMILES string of the molecule is Cc1cc(NS(C)=O)c(C(=O)O)[nH]1. The van der Waals surface area contributed by atoms with Crippen LogP contribution in [-0.2, 0) is 11.0 Å². The normalized spacial score (nSPS) is 12.5. The maximum atomic E-state index is 10.8. The van der Waals surface area contributed by atoms with Gasteiger partial charge in [-0.1, -0.05) is 0 Å². The number of aryl methyl sites for hydroxylation is 1. The quantitative estimate of drug-likeness (QED) is 0.675. The van der Waals surface area contributed by atoms with Crippen LogP contribution in [0.2, 0.25) is 0 Å². The summed E-state index contributed by atoms with van der Waals surface area (Å²) in [5.74, 6) is -1.07. The van der Waals surface area contributed by atoms with Crippen LogP contribution in [0.4, 0.5) is 5.69 Å². The molecule has 3 N–H and O–H groups in total. The van der Waals surface area contributed by atoms with Crippen molar-refractivity contribution in [3.8, 4) is 0 Å². The molecule has 0 saturated heterocycles. The molecule has 0 bridgehead atoms. The first-order chi connectivity index (χ1) is 6.00. The third-order valence-electron chi connectivity index (χ3n) is 1.42. The number of aromatic amines is 1. The van der Waals surface area contributed by atoms with Crippen molar-refractivity contribution in [1.29, 1.82) is 0 Å². The number of nitrogens with one attached hydrogen (secondary N) is 2. The third-order valence-corrected chi connectivity index (χ3v) is 1.93. The lowest BCUT2D eigenvalue weighted by Gasteiger charge is -1.99. The van der Waals surface area contributed by atoms with Crippen molar-refractivity contribution in [2.45, 2.75) is 6.92 Å². The van der Waals surface area contributed by atoms with Crippen LogP contribution in [0.3, 0.4) is 0 Å². The van der Waals surface area contributed by atoms with Crippen molar-refractivity contribution in [2.24, 2.45) is 0 Å². The molecule has 0 saturated carbocycles. The molecule has 0 aliphatic rings. The van der Waals surface area contributed by atoms with Gasteiger partial charge in [-0.05, 0) is 13.0 Å². The summed E-state index contributed by atoms with van der Waals surface area (Å²) < 4.78 is 13.3. The predicted molar refractivity (Wildman–Crippen MR) is 50.2 cm³/mol. The number of anilines is 1. The number of hydrogen-bond donors (Lipinski definition) is 3. The van der Waals surface area contributed by atoms with Gasteiger partial charge in [-0.15, -0.1) is 0 Å². The van der Waals surface area contributed by atoms with Crippen molar-refractivity contribution in [2.75, 3.05) is 11.0 Å². The van der Waals surface area contributed by atoms with Crippen molar-refractivity contribution >= 4 is 22.6 Å². The van der Waals surface area contributed by atoms with E-state index in [9.17, 15) is 9.00 Å². The minimum Gasteiger partial charge on any atom is -0.477 e. The summed E-state index contributed by atoms with van der Waals surface area (Å²) in [5, 5.41) is 8.72. The highest BCUT2D eigenvalue weighted by Crippen LogP contribution is 2.16. The molecule has 0 aromatic carbocycles. The largest absolute Gasteiger partial charge is 0.477 e. The molecule has 0 aliphatic heterocycles. The van der Waals surface area contributed by atoms with Crippen LogP contribution in [0.1, 0.15) is 16.2 Å². The van der Waals surface area contributed by atoms with Gasteiger partial charge in [0.15, 0.2) is 0 Å². The maximum Gasteiger partial charge on any atom is 0.354 e. The fourth-order valence-corrected chi connectivity index (χ4v) is 1.46. The van der Waals surface area contributed by atoms with Gasteiger partial charge in [0.1, 0.15) is 16.7 Å². The third kappa shape index (κ3) is 2.32. The Morgan fingerprint density at radius 1 is 1.69 bits per heavy atom. The zero-order valence-corrected chi connectivity index (χ0v) is 8.07. The van der Waals surface area contributed by atoms with E-state index in [1.807, 2.05) is 0 Å². The summed E-state index contributed by atoms with van der Waals surface area (Å²) in [5.41, 5.74) is 1.10. The van der Waals surface area contributed by atoms with Crippen LogP contribution in [0, 0.1) is 6.92 Å². The Morgan fingerprint density at radius 2 is 2.31 bits per heavy atom. The zero-order chi connectivity index (χ0) is 10.0. The lowest BCUT2D eigenvalue weighted by molar-refractivity contribution is 0.0692. The molecule has 1 unspecified atom stereocenters. The average Bonchev–Trinajstić information content (AvgIpc) is 2.29. The fraction of sp³-hybridized carbons (Fsp3) is 0.286. The van der Waals surface area contributed by atoms with E-state index in [2.05, 4.69) is 9.71 Å². The summed E-state index contributed by atoms with van der Waals surface area (Å²) in [6, 6.07) is 1.60. The molecule has 1 atom stereocenters. The van der Waals surface area contributed by atoms with E-state index in [0.717, 1.165) is 0 Å². The minimum atomic E-state index is -1.26. The standard InChI is InChI=1S/C7H10N2O3S/c1-4-3-5(9-13(2)12)6(8-4)7(10)11/h3,8-9H,1-2H3,(H,10,11). The highest BCUT2D eigenvalue weighted by atomic mass is 32.2. The Balaban J connectivity index is 3.04. The van der Waals surface area contributed by atoms with E-state index in [0.29, 0.717) is 11.4 Å². The molecule has 0 radical (unpaired) electrons. The molecule has 13 heavy (non-hydrogen) atoms. The molecule has 0 spiro atoms. The number of carboxylic acid groups (broad SMARTS) is 1. The topological polar surface area (TPSA) is 82.2 Å². The van der Waals surface area contributed by atoms with E-state index < -0.39 is 17.0 Å². The lowest BCUT2D eigenvalue weighted by atomic mass is 10.4. The van der Waals surface area contributed by atoms with Gasteiger partial charge in [0.05, 0.1) is 5.69 Å². The summed E-state index contributed by atoms with van der Waals surface area (Å²) >= 11 is 0. The number of carboxylic acids is 1. The highest BCUT2D eigenvalue weighted by molar-refractivity contribution is 7.85. The van der Waals surface area contributed by atoms with Crippen molar-refractivity contribution in [3.63, 3.8) is 0 Å². The second kappa shape index (κ2) is 3.61. The van der Waals surface area contributed by atoms with Crippen molar-refractivity contribution in [3.05, 3.63) is 17.5 Å². The molecule has 6 heteroatoms. The van der Waals surface area contributed by atoms with Crippen LogP contribution in [0.5, 0.6) is 0 Å². The zero-order valence-electron chi connectivity index (χ0n) is 7.25. The van der Waals surface area contributed by atoms with E-state index in [1.54, 1.807) is 13.0 Å².